The number of likely N-dealkylation sites (tertiary alicyclic amines) is 1. The normalized spacial score (nSPS) is 14.5. The van der Waals surface area contributed by atoms with E-state index >= 15 is 0 Å². The van der Waals surface area contributed by atoms with Crippen molar-refractivity contribution in [2.75, 3.05) is 40.4 Å². The number of halogens is 1. The molecule has 286 valence electrons. The molecule has 5 rings (SSSR count). The lowest BCUT2D eigenvalue weighted by atomic mass is 10.1. The highest BCUT2D eigenvalue weighted by Crippen LogP contribution is 2.38. The number of carbonyl (C=O) groups is 1. The van der Waals surface area contributed by atoms with Crippen molar-refractivity contribution in [3.05, 3.63) is 75.4 Å². The minimum Gasteiger partial charge on any atom is -0.497 e. The van der Waals surface area contributed by atoms with E-state index in [-0.39, 0.29) is 42.2 Å². The van der Waals surface area contributed by atoms with E-state index in [0.29, 0.717) is 46.8 Å². The van der Waals surface area contributed by atoms with Gasteiger partial charge in [0.1, 0.15) is 22.0 Å². The Bertz CT molecular complexity index is 2100. The SMILES string of the molecule is COc1ccc(CNS(=O)(=O)c2c(S(=O)(=O)C3CCN(CCNC(=O)OC(C)(C)C)CC3)ccc(I)c2-c2nnn(Cc3ccc(OC)cc3)n2)cc1. The average Bonchev–Trinajstić information content (AvgIpc) is 3.58. The van der Waals surface area contributed by atoms with Gasteiger partial charge in [0.25, 0.3) is 0 Å². The number of carbonyl (C=O) groups excluding carboxylic acids is 1. The van der Waals surface area contributed by atoms with E-state index in [1.165, 1.54) is 18.0 Å². The van der Waals surface area contributed by atoms with Crippen molar-refractivity contribution in [2.24, 2.45) is 0 Å². The number of hydrogen-bond donors (Lipinski definition) is 2. The summed E-state index contributed by atoms with van der Waals surface area (Å²) >= 11 is 1.97. The lowest BCUT2D eigenvalue weighted by Crippen LogP contribution is -2.43. The molecule has 1 aliphatic heterocycles. The Morgan fingerprint density at radius 1 is 0.906 bits per heavy atom. The second-order valence-electron chi connectivity index (χ2n) is 13.4. The van der Waals surface area contributed by atoms with Crippen LogP contribution < -0.4 is 19.5 Å². The molecular formula is C35H44IN7O8S2. The quantitative estimate of drug-likeness (QED) is 0.172. The third kappa shape index (κ3) is 10.4. The predicted molar refractivity (Wildman–Crippen MR) is 206 cm³/mol. The van der Waals surface area contributed by atoms with Crippen LogP contribution in [0.3, 0.4) is 0 Å². The lowest BCUT2D eigenvalue weighted by molar-refractivity contribution is 0.0520. The number of nitrogens with zero attached hydrogens (tertiary/aromatic N) is 5. The zero-order chi connectivity index (χ0) is 38.4. The van der Waals surface area contributed by atoms with Gasteiger partial charge in [-0.1, -0.05) is 24.3 Å². The van der Waals surface area contributed by atoms with Crippen molar-refractivity contribution in [1.29, 1.82) is 0 Å². The number of hydrogen-bond acceptors (Lipinski definition) is 12. The number of amides is 1. The monoisotopic (exact) mass is 881 g/mol. The number of sulfonamides is 1. The number of ether oxygens (including phenoxy) is 3. The lowest BCUT2D eigenvalue weighted by Gasteiger charge is -2.32. The van der Waals surface area contributed by atoms with E-state index in [1.54, 1.807) is 70.3 Å². The number of rotatable bonds is 14. The summed E-state index contributed by atoms with van der Waals surface area (Å²) in [5.41, 5.74) is 0.915. The van der Waals surface area contributed by atoms with E-state index < -0.39 is 41.7 Å². The maximum absolute atomic E-state index is 14.5. The maximum Gasteiger partial charge on any atom is 0.407 e. The predicted octanol–water partition coefficient (Wildman–Crippen LogP) is 4.25. The Balaban J connectivity index is 1.43. The minimum atomic E-state index is -4.49. The number of nitrogens with one attached hydrogen (secondary N) is 2. The zero-order valence-electron chi connectivity index (χ0n) is 30.2. The summed E-state index contributed by atoms with van der Waals surface area (Å²) in [7, 11) is -5.57. The van der Waals surface area contributed by atoms with Gasteiger partial charge >= 0.3 is 6.09 Å². The van der Waals surface area contributed by atoms with Gasteiger partial charge in [-0.3, -0.25) is 0 Å². The Hall–Kier alpha value is -3.85. The maximum atomic E-state index is 14.5. The second-order valence-corrected chi connectivity index (χ2v) is 18.5. The van der Waals surface area contributed by atoms with Gasteiger partial charge in [-0.25, -0.2) is 26.4 Å². The molecule has 0 radical (unpaired) electrons. The number of aromatic nitrogens is 4. The summed E-state index contributed by atoms with van der Waals surface area (Å²) in [4.78, 5) is 14.7. The molecule has 0 aliphatic carbocycles. The smallest absolute Gasteiger partial charge is 0.407 e. The summed E-state index contributed by atoms with van der Waals surface area (Å²) in [5, 5.41) is 14.8. The van der Waals surface area contributed by atoms with Crippen LogP contribution in [-0.4, -0.2) is 99.3 Å². The number of tetrazole rings is 1. The van der Waals surface area contributed by atoms with Gasteiger partial charge < -0.3 is 24.4 Å². The van der Waals surface area contributed by atoms with E-state index in [1.807, 2.05) is 34.7 Å². The van der Waals surface area contributed by atoms with Crippen LogP contribution in [0, 0.1) is 3.57 Å². The van der Waals surface area contributed by atoms with Gasteiger partial charge in [0.05, 0.1) is 36.5 Å². The van der Waals surface area contributed by atoms with Crippen LogP contribution >= 0.6 is 22.6 Å². The van der Waals surface area contributed by atoms with Crippen LogP contribution in [0.4, 0.5) is 4.79 Å². The van der Waals surface area contributed by atoms with Crippen LogP contribution in [0.2, 0.25) is 0 Å². The average molecular weight is 882 g/mol. The number of methoxy groups -OCH3 is 2. The highest BCUT2D eigenvalue weighted by molar-refractivity contribution is 14.1. The largest absolute Gasteiger partial charge is 0.497 e. The third-order valence-electron chi connectivity index (χ3n) is 8.50. The molecule has 0 spiro atoms. The van der Waals surface area contributed by atoms with Gasteiger partial charge in [0.15, 0.2) is 9.84 Å². The van der Waals surface area contributed by atoms with E-state index in [0.717, 1.165) is 5.56 Å². The Kier molecular flexibility index (Phi) is 13.0. The molecule has 1 amide bonds. The molecule has 1 aromatic heterocycles. The molecule has 2 N–H and O–H groups in total. The van der Waals surface area contributed by atoms with Crippen LogP contribution in [-0.2, 0) is 37.7 Å². The molecule has 0 bridgehead atoms. The summed E-state index contributed by atoms with van der Waals surface area (Å²) in [6.45, 7) is 7.20. The summed E-state index contributed by atoms with van der Waals surface area (Å²) in [6.07, 6.45) is 0.0186. The first-order valence-corrected chi connectivity index (χ1v) is 21.0. The van der Waals surface area contributed by atoms with Crippen molar-refractivity contribution in [2.45, 2.75) is 67.3 Å². The summed E-state index contributed by atoms with van der Waals surface area (Å²) in [6, 6.07) is 17.1. The highest BCUT2D eigenvalue weighted by Gasteiger charge is 2.38. The van der Waals surface area contributed by atoms with Gasteiger partial charge in [0.2, 0.25) is 15.8 Å². The van der Waals surface area contributed by atoms with Crippen molar-refractivity contribution in [3.8, 4) is 22.9 Å². The van der Waals surface area contributed by atoms with Crippen LogP contribution in [0.25, 0.3) is 11.4 Å². The van der Waals surface area contributed by atoms with Crippen LogP contribution in [0.1, 0.15) is 44.7 Å². The van der Waals surface area contributed by atoms with Crippen LogP contribution in [0.5, 0.6) is 11.5 Å². The molecule has 1 aliphatic rings. The Labute approximate surface area is 323 Å². The number of sulfone groups is 1. The van der Waals surface area contributed by atoms with E-state index in [9.17, 15) is 21.6 Å². The highest BCUT2D eigenvalue weighted by atomic mass is 127. The minimum absolute atomic E-state index is 0.0305. The fourth-order valence-electron chi connectivity index (χ4n) is 5.79. The molecule has 0 atom stereocenters. The molecule has 0 saturated carbocycles. The van der Waals surface area contributed by atoms with E-state index in [4.69, 9.17) is 14.2 Å². The third-order valence-corrected chi connectivity index (χ3v) is 13.3. The van der Waals surface area contributed by atoms with Crippen molar-refractivity contribution < 1.29 is 35.8 Å². The molecule has 4 aromatic rings. The molecule has 0 unspecified atom stereocenters. The first-order chi connectivity index (χ1) is 25.1. The van der Waals surface area contributed by atoms with Gasteiger partial charge in [-0.15, -0.1) is 10.2 Å². The standard InChI is InChI=1S/C35H44IN7O8S2/c1-35(2,3)51-34(44)37-18-21-42-19-16-28(17-20-42)52(45,46)30-15-14-29(36)31(32(30)53(47,48)38-22-24-6-10-26(49-4)11-7-24)33-39-41-43(40-33)23-25-8-12-27(50-5)13-9-25/h6-15,28,38H,16-23H2,1-5H3,(H,37,44). The molecule has 2 heterocycles. The summed E-state index contributed by atoms with van der Waals surface area (Å²) in [5.74, 6) is 1.27. The van der Waals surface area contributed by atoms with Gasteiger partial charge in [-0.05, 0) is 122 Å². The molecule has 3 aromatic carbocycles. The first kappa shape index (κ1) is 40.3. The fourth-order valence-corrected chi connectivity index (χ4v) is 10.5. The molecule has 18 heteroatoms. The van der Waals surface area contributed by atoms with Crippen molar-refractivity contribution in [1.82, 2.24) is 35.1 Å². The van der Waals surface area contributed by atoms with Crippen LogP contribution in [0.15, 0.2) is 70.5 Å². The summed E-state index contributed by atoms with van der Waals surface area (Å²) < 4.78 is 76.4. The topological polar surface area (TPSA) is 184 Å². The fraction of sp³-hybridized carbons (Fsp3) is 0.429. The number of piperidine rings is 1. The molecule has 1 fully saturated rings. The zero-order valence-corrected chi connectivity index (χ0v) is 34.0. The van der Waals surface area contributed by atoms with E-state index in [2.05, 4.69) is 30.3 Å². The van der Waals surface area contributed by atoms with Gasteiger partial charge in [-0.2, -0.15) is 4.80 Å². The molecule has 15 nitrogen and oxygen atoms in total. The number of alkyl carbamates (subject to hydrolysis) is 1. The molecule has 1 saturated heterocycles. The second kappa shape index (κ2) is 17.1. The number of benzene rings is 3. The Morgan fingerprint density at radius 3 is 2.09 bits per heavy atom. The molecule has 53 heavy (non-hydrogen) atoms. The molecular weight excluding hydrogens is 837 g/mol. The van der Waals surface area contributed by atoms with Crippen molar-refractivity contribution >= 4 is 48.5 Å². The Morgan fingerprint density at radius 2 is 1.51 bits per heavy atom. The van der Waals surface area contributed by atoms with Crippen molar-refractivity contribution in [3.63, 3.8) is 0 Å². The van der Waals surface area contributed by atoms with Gasteiger partial charge in [0, 0.05) is 23.2 Å². The first-order valence-electron chi connectivity index (χ1n) is 16.9.